The van der Waals surface area contributed by atoms with Gasteiger partial charge in [-0.15, -0.1) is 0 Å². The summed E-state index contributed by atoms with van der Waals surface area (Å²) < 4.78 is 0. The Labute approximate surface area is 128 Å². The standard InChI is InChI=1S/C17H21N3O2/c1-9(2)7-11-14(17(11,3)4)15(21)18-10-5-6-12-13(8-10)20-16(22)19-12/h5-8,11,14H,1-4H3,(H,18,21)(H2,19,20,22)/t11-,14-/m1/s1. The number of H-pyrrole nitrogens is 2. The normalized spacial score (nSPS) is 22.4. The van der Waals surface area contributed by atoms with Crippen LogP contribution in [0.25, 0.3) is 11.0 Å². The second-order valence-corrected chi connectivity index (χ2v) is 6.90. The average Bonchev–Trinajstić information content (AvgIpc) is 2.75. The van der Waals surface area contributed by atoms with Gasteiger partial charge in [-0.2, -0.15) is 0 Å². The van der Waals surface area contributed by atoms with Crippen LogP contribution in [0.15, 0.2) is 34.6 Å². The first-order chi connectivity index (χ1) is 10.3. The second-order valence-electron chi connectivity index (χ2n) is 6.90. The Morgan fingerprint density at radius 2 is 1.91 bits per heavy atom. The van der Waals surface area contributed by atoms with Crippen LogP contribution in [0, 0.1) is 17.3 Å². The van der Waals surface area contributed by atoms with Crippen molar-refractivity contribution in [2.75, 3.05) is 5.32 Å². The number of carbonyl (C=O) groups excluding carboxylic acids is 1. The Hall–Kier alpha value is -2.30. The Balaban J connectivity index is 1.79. The summed E-state index contributed by atoms with van der Waals surface area (Å²) in [5.41, 5.74) is 3.11. The van der Waals surface area contributed by atoms with Crippen molar-refractivity contribution >= 4 is 22.6 Å². The van der Waals surface area contributed by atoms with E-state index >= 15 is 0 Å². The molecule has 2 atom stereocenters. The molecule has 1 aliphatic carbocycles. The highest BCUT2D eigenvalue weighted by molar-refractivity contribution is 5.97. The summed E-state index contributed by atoms with van der Waals surface area (Å²) >= 11 is 0. The number of carbonyl (C=O) groups is 1. The van der Waals surface area contributed by atoms with Crippen molar-refractivity contribution in [3.8, 4) is 0 Å². The van der Waals surface area contributed by atoms with Gasteiger partial charge in [0.1, 0.15) is 0 Å². The number of rotatable bonds is 3. The van der Waals surface area contributed by atoms with Crippen LogP contribution in [0.3, 0.4) is 0 Å². The molecule has 0 bridgehead atoms. The van der Waals surface area contributed by atoms with Gasteiger partial charge in [-0.05, 0) is 43.4 Å². The van der Waals surface area contributed by atoms with Crippen molar-refractivity contribution in [3.63, 3.8) is 0 Å². The van der Waals surface area contributed by atoms with Gasteiger partial charge in [0.2, 0.25) is 5.91 Å². The number of fused-ring (bicyclic) bond motifs is 1. The zero-order chi connectivity index (χ0) is 16.1. The quantitative estimate of drug-likeness (QED) is 0.762. The lowest BCUT2D eigenvalue weighted by atomic mass is 10.1. The summed E-state index contributed by atoms with van der Waals surface area (Å²) in [4.78, 5) is 29.2. The van der Waals surface area contributed by atoms with Gasteiger partial charge in [-0.1, -0.05) is 25.5 Å². The van der Waals surface area contributed by atoms with Crippen LogP contribution in [0.4, 0.5) is 5.69 Å². The van der Waals surface area contributed by atoms with Gasteiger partial charge in [0.05, 0.1) is 17.0 Å². The lowest BCUT2D eigenvalue weighted by Crippen LogP contribution is -2.16. The first-order valence-electron chi connectivity index (χ1n) is 7.47. The van der Waals surface area contributed by atoms with Crippen LogP contribution in [-0.4, -0.2) is 15.9 Å². The average molecular weight is 299 g/mol. The van der Waals surface area contributed by atoms with E-state index in [4.69, 9.17) is 0 Å². The molecule has 5 heteroatoms. The third kappa shape index (κ3) is 2.47. The molecule has 2 aromatic rings. The molecule has 1 fully saturated rings. The summed E-state index contributed by atoms with van der Waals surface area (Å²) in [6.45, 7) is 8.35. The lowest BCUT2D eigenvalue weighted by Gasteiger charge is -2.06. The molecule has 1 aromatic carbocycles. The van der Waals surface area contributed by atoms with E-state index in [2.05, 4.69) is 49.1 Å². The number of imidazole rings is 1. The van der Waals surface area contributed by atoms with E-state index < -0.39 is 0 Å². The molecule has 0 saturated heterocycles. The first kappa shape index (κ1) is 14.6. The van der Waals surface area contributed by atoms with Gasteiger partial charge in [-0.25, -0.2) is 4.79 Å². The number of benzene rings is 1. The molecule has 22 heavy (non-hydrogen) atoms. The number of hydrogen-bond donors (Lipinski definition) is 3. The first-order valence-corrected chi connectivity index (χ1v) is 7.47. The van der Waals surface area contributed by atoms with Crippen molar-refractivity contribution in [1.29, 1.82) is 0 Å². The molecular formula is C17H21N3O2. The van der Waals surface area contributed by atoms with E-state index in [1.165, 1.54) is 5.57 Å². The monoisotopic (exact) mass is 299 g/mol. The topological polar surface area (TPSA) is 77.8 Å². The molecule has 3 rings (SSSR count). The predicted octanol–water partition coefficient (Wildman–Crippen LogP) is 3.03. The van der Waals surface area contributed by atoms with Crippen LogP contribution in [0.5, 0.6) is 0 Å². The molecule has 1 saturated carbocycles. The van der Waals surface area contributed by atoms with Crippen LogP contribution < -0.4 is 11.0 Å². The zero-order valence-electron chi connectivity index (χ0n) is 13.3. The van der Waals surface area contributed by atoms with E-state index in [-0.39, 0.29) is 28.8 Å². The Morgan fingerprint density at radius 1 is 1.23 bits per heavy atom. The number of aromatic nitrogens is 2. The van der Waals surface area contributed by atoms with Crippen molar-refractivity contribution in [2.45, 2.75) is 27.7 Å². The van der Waals surface area contributed by atoms with Gasteiger partial charge in [-0.3, -0.25) is 4.79 Å². The fourth-order valence-corrected chi connectivity index (χ4v) is 3.18. The minimum absolute atomic E-state index is 0.00610. The van der Waals surface area contributed by atoms with E-state index in [9.17, 15) is 9.59 Å². The Bertz CT molecular complexity index is 822. The van der Waals surface area contributed by atoms with Crippen LogP contribution in [-0.2, 0) is 4.79 Å². The Morgan fingerprint density at radius 3 is 2.59 bits per heavy atom. The summed E-state index contributed by atoms with van der Waals surface area (Å²) in [6, 6.07) is 5.36. The smallest absolute Gasteiger partial charge is 0.323 e. The highest BCUT2D eigenvalue weighted by Gasteiger charge is 2.60. The summed E-state index contributed by atoms with van der Waals surface area (Å²) in [7, 11) is 0. The van der Waals surface area contributed by atoms with Crippen molar-refractivity contribution in [1.82, 2.24) is 9.97 Å². The predicted molar refractivity (Wildman–Crippen MR) is 87.7 cm³/mol. The van der Waals surface area contributed by atoms with Gasteiger partial charge in [0.25, 0.3) is 0 Å². The summed E-state index contributed by atoms with van der Waals surface area (Å²) in [6.07, 6.45) is 2.18. The van der Waals surface area contributed by atoms with Gasteiger partial charge in [0, 0.05) is 5.69 Å². The van der Waals surface area contributed by atoms with E-state index in [0.717, 1.165) is 5.52 Å². The minimum atomic E-state index is -0.245. The number of allylic oxidation sites excluding steroid dienone is 2. The molecule has 1 aliphatic rings. The van der Waals surface area contributed by atoms with Gasteiger partial charge < -0.3 is 15.3 Å². The largest absolute Gasteiger partial charge is 0.326 e. The molecule has 0 unspecified atom stereocenters. The minimum Gasteiger partial charge on any atom is -0.326 e. The fraction of sp³-hybridized carbons (Fsp3) is 0.412. The van der Waals surface area contributed by atoms with E-state index in [1.807, 2.05) is 0 Å². The number of aromatic amines is 2. The third-order valence-electron chi connectivity index (χ3n) is 4.49. The van der Waals surface area contributed by atoms with Gasteiger partial charge >= 0.3 is 5.69 Å². The van der Waals surface area contributed by atoms with Gasteiger partial charge in [0.15, 0.2) is 0 Å². The molecule has 1 aromatic heterocycles. The molecule has 0 spiro atoms. The molecule has 5 nitrogen and oxygen atoms in total. The summed E-state index contributed by atoms with van der Waals surface area (Å²) in [5, 5.41) is 2.96. The maximum atomic E-state index is 12.5. The molecule has 1 amide bonds. The Kier molecular flexibility index (Phi) is 3.24. The maximum Gasteiger partial charge on any atom is 0.323 e. The van der Waals surface area contributed by atoms with Crippen molar-refractivity contribution in [3.05, 3.63) is 40.3 Å². The number of nitrogens with one attached hydrogen (secondary N) is 3. The molecule has 0 radical (unpaired) electrons. The second kappa shape index (κ2) is 4.87. The molecule has 116 valence electrons. The summed E-state index contributed by atoms with van der Waals surface area (Å²) in [5.74, 6) is 0.307. The number of anilines is 1. The SMILES string of the molecule is CC(C)=C[C@@H]1[C@H](C(=O)Nc2ccc3[nH]c(=O)[nH]c3c2)C1(C)C. The number of amides is 1. The molecule has 1 heterocycles. The molecular weight excluding hydrogens is 278 g/mol. The number of hydrogen-bond acceptors (Lipinski definition) is 2. The maximum absolute atomic E-state index is 12.5. The highest BCUT2D eigenvalue weighted by atomic mass is 16.2. The lowest BCUT2D eigenvalue weighted by molar-refractivity contribution is -0.118. The highest BCUT2D eigenvalue weighted by Crippen LogP contribution is 2.59. The fourth-order valence-electron chi connectivity index (χ4n) is 3.18. The van der Waals surface area contributed by atoms with Crippen LogP contribution >= 0.6 is 0 Å². The molecule has 3 N–H and O–H groups in total. The van der Waals surface area contributed by atoms with Crippen LogP contribution in [0.2, 0.25) is 0 Å². The molecule has 0 aliphatic heterocycles. The van der Waals surface area contributed by atoms with Crippen molar-refractivity contribution < 1.29 is 4.79 Å². The van der Waals surface area contributed by atoms with E-state index in [1.54, 1.807) is 18.2 Å². The third-order valence-corrected chi connectivity index (χ3v) is 4.49. The van der Waals surface area contributed by atoms with Crippen LogP contribution in [0.1, 0.15) is 27.7 Å². The zero-order valence-corrected chi connectivity index (χ0v) is 13.3. The van der Waals surface area contributed by atoms with E-state index in [0.29, 0.717) is 11.2 Å². The van der Waals surface area contributed by atoms with Crippen molar-refractivity contribution in [2.24, 2.45) is 17.3 Å².